The molecule has 2 aliphatic heterocycles. The van der Waals surface area contributed by atoms with Gasteiger partial charge in [0.1, 0.15) is 0 Å². The van der Waals surface area contributed by atoms with E-state index in [4.69, 9.17) is 0 Å². The topological polar surface area (TPSA) is 43.9 Å². The Balaban J connectivity index is 2.03. The van der Waals surface area contributed by atoms with Gasteiger partial charge in [-0.05, 0) is 19.9 Å². The quantitative estimate of drug-likeness (QED) is 0.768. The number of rotatable bonds is 2. The highest BCUT2D eigenvalue weighted by molar-refractivity contribution is 5.77. The van der Waals surface area contributed by atoms with Crippen LogP contribution in [0.25, 0.3) is 0 Å². The second kappa shape index (κ2) is 6.67. The first kappa shape index (κ1) is 18.0. The fourth-order valence-corrected chi connectivity index (χ4v) is 3.38. The van der Waals surface area contributed by atoms with Crippen LogP contribution in [0.4, 0.5) is 13.2 Å². The molecule has 0 bridgehead atoms. The van der Waals surface area contributed by atoms with Gasteiger partial charge in [0, 0.05) is 51.6 Å². The maximum atomic E-state index is 12.3. The molecule has 0 aromatic carbocycles. The molecule has 2 aliphatic rings. The lowest BCUT2D eigenvalue weighted by atomic mass is 9.86. The summed E-state index contributed by atoms with van der Waals surface area (Å²) < 4.78 is 36.9. The fourth-order valence-electron chi connectivity index (χ4n) is 3.38. The lowest BCUT2D eigenvalue weighted by Gasteiger charge is -2.49. The molecular weight excluding hydrogens is 311 g/mol. The van der Waals surface area contributed by atoms with Crippen molar-refractivity contribution in [1.82, 2.24) is 14.7 Å². The van der Waals surface area contributed by atoms with Gasteiger partial charge in [0.05, 0.1) is 6.42 Å². The van der Waals surface area contributed by atoms with Crippen molar-refractivity contribution in [2.45, 2.75) is 43.8 Å². The molecule has 0 aromatic rings. The molecule has 5 nitrogen and oxygen atoms in total. The van der Waals surface area contributed by atoms with Crippen LogP contribution in [-0.4, -0.2) is 78.5 Å². The Kier molecular flexibility index (Phi) is 5.23. The number of amides is 2. The van der Waals surface area contributed by atoms with Crippen LogP contribution in [0.2, 0.25) is 0 Å². The summed E-state index contributed by atoms with van der Waals surface area (Å²) in [6.07, 6.45) is -4.11. The van der Waals surface area contributed by atoms with E-state index in [1.807, 2.05) is 7.05 Å². The molecule has 2 fully saturated rings. The molecule has 0 saturated carbocycles. The van der Waals surface area contributed by atoms with E-state index in [2.05, 4.69) is 4.90 Å². The summed E-state index contributed by atoms with van der Waals surface area (Å²) in [6.45, 7) is 2.07. The summed E-state index contributed by atoms with van der Waals surface area (Å²) in [6, 6.07) is 0. The number of halogens is 3. The van der Waals surface area contributed by atoms with E-state index >= 15 is 0 Å². The zero-order valence-corrected chi connectivity index (χ0v) is 13.7. The number of carbonyl (C=O) groups is 2. The lowest BCUT2D eigenvalue weighted by molar-refractivity contribution is -0.152. The van der Waals surface area contributed by atoms with Gasteiger partial charge in [-0.1, -0.05) is 0 Å². The Bertz CT molecular complexity index is 469. The molecule has 2 saturated heterocycles. The predicted molar refractivity (Wildman–Crippen MR) is 78.7 cm³/mol. The van der Waals surface area contributed by atoms with Crippen molar-refractivity contribution in [1.29, 1.82) is 0 Å². The van der Waals surface area contributed by atoms with Crippen molar-refractivity contribution in [2.24, 2.45) is 0 Å². The number of alkyl halides is 3. The van der Waals surface area contributed by atoms with Crippen LogP contribution in [0, 0.1) is 0 Å². The van der Waals surface area contributed by atoms with E-state index in [0.717, 1.165) is 6.42 Å². The van der Waals surface area contributed by atoms with E-state index in [-0.39, 0.29) is 11.4 Å². The summed E-state index contributed by atoms with van der Waals surface area (Å²) in [5.74, 6) is -0.366. The van der Waals surface area contributed by atoms with Crippen LogP contribution in [0.1, 0.15) is 32.1 Å². The SMILES string of the molecule is CN1CC[C@@]2(CCC1=O)CN(C(=O)CCC(F)(F)F)CCN2C. The van der Waals surface area contributed by atoms with Crippen LogP contribution < -0.4 is 0 Å². The van der Waals surface area contributed by atoms with Gasteiger partial charge in [0.2, 0.25) is 11.8 Å². The fraction of sp³-hybridized carbons (Fsp3) is 0.867. The molecule has 2 amide bonds. The Hall–Kier alpha value is -1.31. The van der Waals surface area contributed by atoms with E-state index < -0.39 is 24.9 Å². The molecule has 2 heterocycles. The van der Waals surface area contributed by atoms with Crippen LogP contribution in [0.3, 0.4) is 0 Å². The average Bonchev–Trinajstić information content (AvgIpc) is 2.61. The van der Waals surface area contributed by atoms with Gasteiger partial charge in [-0.3, -0.25) is 14.5 Å². The Morgan fingerprint density at radius 2 is 1.87 bits per heavy atom. The third-order valence-corrected chi connectivity index (χ3v) is 5.12. The van der Waals surface area contributed by atoms with E-state index in [9.17, 15) is 22.8 Å². The minimum atomic E-state index is -4.31. The third kappa shape index (κ3) is 4.37. The van der Waals surface area contributed by atoms with Gasteiger partial charge in [-0.2, -0.15) is 13.2 Å². The first-order valence-corrected chi connectivity index (χ1v) is 7.93. The second-order valence-corrected chi connectivity index (χ2v) is 6.64. The molecule has 1 spiro atoms. The average molecular weight is 335 g/mol. The summed E-state index contributed by atoms with van der Waals surface area (Å²) in [5.41, 5.74) is -0.313. The van der Waals surface area contributed by atoms with Gasteiger partial charge in [0.25, 0.3) is 0 Å². The highest BCUT2D eigenvalue weighted by Crippen LogP contribution is 2.32. The van der Waals surface area contributed by atoms with E-state index in [1.54, 1.807) is 16.8 Å². The molecule has 132 valence electrons. The van der Waals surface area contributed by atoms with Gasteiger partial charge in [0.15, 0.2) is 0 Å². The number of nitrogens with zero attached hydrogens (tertiary/aromatic N) is 3. The standard InChI is InChI=1S/C15H24F3N3O2/c1-19-8-7-14(5-3-12(19)22)11-21(10-9-20(14)2)13(23)4-6-15(16,17)18/h3-11H2,1-2H3/t14-/m0/s1. The van der Waals surface area contributed by atoms with Gasteiger partial charge < -0.3 is 9.80 Å². The molecule has 2 rings (SSSR count). The number of hydrogen-bond acceptors (Lipinski definition) is 3. The zero-order chi connectivity index (χ0) is 17.3. The summed E-state index contributed by atoms with van der Waals surface area (Å²) >= 11 is 0. The molecule has 0 aromatic heterocycles. The number of likely N-dealkylation sites (N-methyl/N-ethyl adjacent to an activating group) is 1. The molecule has 0 aliphatic carbocycles. The molecule has 1 atom stereocenters. The van der Waals surface area contributed by atoms with Crippen LogP contribution in [0.5, 0.6) is 0 Å². The van der Waals surface area contributed by atoms with Gasteiger partial charge >= 0.3 is 6.18 Å². The number of hydrogen-bond donors (Lipinski definition) is 0. The molecule has 23 heavy (non-hydrogen) atoms. The maximum Gasteiger partial charge on any atom is 0.389 e. The third-order valence-electron chi connectivity index (χ3n) is 5.12. The molecule has 0 radical (unpaired) electrons. The number of likely N-dealkylation sites (tertiary alicyclic amines) is 1. The largest absolute Gasteiger partial charge is 0.389 e. The van der Waals surface area contributed by atoms with E-state index in [1.165, 1.54) is 0 Å². The molecule has 8 heteroatoms. The van der Waals surface area contributed by atoms with Crippen molar-refractivity contribution < 1.29 is 22.8 Å². The zero-order valence-electron chi connectivity index (χ0n) is 13.7. The number of piperazine rings is 1. The summed E-state index contributed by atoms with van der Waals surface area (Å²) in [7, 11) is 3.73. The lowest BCUT2D eigenvalue weighted by Crippen LogP contribution is -2.62. The first-order valence-electron chi connectivity index (χ1n) is 7.93. The summed E-state index contributed by atoms with van der Waals surface area (Å²) in [4.78, 5) is 29.4. The van der Waals surface area contributed by atoms with Crippen LogP contribution in [0.15, 0.2) is 0 Å². The minimum absolute atomic E-state index is 0.0794. The second-order valence-electron chi connectivity index (χ2n) is 6.64. The van der Waals surface area contributed by atoms with Gasteiger partial charge in [-0.15, -0.1) is 0 Å². The molecule has 0 unspecified atom stereocenters. The highest BCUT2D eigenvalue weighted by atomic mass is 19.4. The van der Waals surface area contributed by atoms with Crippen LogP contribution >= 0.6 is 0 Å². The normalized spacial score (nSPS) is 27.4. The summed E-state index contributed by atoms with van der Waals surface area (Å²) in [5, 5.41) is 0. The van der Waals surface area contributed by atoms with Crippen molar-refractivity contribution in [3.8, 4) is 0 Å². The van der Waals surface area contributed by atoms with Crippen molar-refractivity contribution in [2.75, 3.05) is 40.3 Å². The first-order chi connectivity index (χ1) is 10.6. The van der Waals surface area contributed by atoms with Crippen LogP contribution in [-0.2, 0) is 9.59 Å². The van der Waals surface area contributed by atoms with Gasteiger partial charge in [-0.25, -0.2) is 0 Å². The molecular formula is C15H24F3N3O2. The Morgan fingerprint density at radius 1 is 1.17 bits per heavy atom. The van der Waals surface area contributed by atoms with E-state index in [0.29, 0.717) is 39.0 Å². The Labute approximate surface area is 134 Å². The molecule has 0 N–H and O–H groups in total. The number of carbonyl (C=O) groups excluding carboxylic acids is 2. The Morgan fingerprint density at radius 3 is 2.52 bits per heavy atom. The predicted octanol–water partition coefficient (Wildman–Crippen LogP) is 1.48. The van der Waals surface area contributed by atoms with Crippen molar-refractivity contribution in [3.63, 3.8) is 0 Å². The highest BCUT2D eigenvalue weighted by Gasteiger charge is 2.43. The van der Waals surface area contributed by atoms with Crippen molar-refractivity contribution in [3.05, 3.63) is 0 Å². The minimum Gasteiger partial charge on any atom is -0.346 e. The smallest absolute Gasteiger partial charge is 0.346 e. The van der Waals surface area contributed by atoms with Crippen molar-refractivity contribution >= 4 is 11.8 Å². The monoisotopic (exact) mass is 335 g/mol. The maximum absolute atomic E-state index is 12.3.